The van der Waals surface area contributed by atoms with Gasteiger partial charge in [0.1, 0.15) is 96.7 Å². The van der Waals surface area contributed by atoms with E-state index in [-0.39, 0.29) is 49.7 Å². The number of ketones is 1. The molecule has 27 heteroatoms. The molecule has 4 aliphatic carbocycles. The number of fused-ring (bicyclic) bond motifs is 5. The Kier molecular flexibility index (Phi) is 20.7. The zero-order valence-corrected chi connectivity index (χ0v) is 51.4. The van der Waals surface area contributed by atoms with Crippen LogP contribution in [0.5, 0.6) is 0 Å². The number of Topliss-reactive ketones (excluding diaryl/α,β-unsaturated/α-hetero) is 1. The maximum atomic E-state index is 13.8. The molecule has 5 aliphatic heterocycles. The molecule has 11 N–H and O–H groups in total. The second-order valence-corrected chi connectivity index (χ2v) is 26.5. The van der Waals surface area contributed by atoms with Crippen LogP contribution >= 0.6 is 0 Å². The zero-order valence-electron chi connectivity index (χ0n) is 51.4. The molecule has 0 aromatic heterocycles. The number of rotatable bonds is 18. The predicted octanol–water partition coefficient (Wildman–Crippen LogP) is -1.00. The first-order valence-electron chi connectivity index (χ1n) is 31.0. The molecular weight excluding hydrogens is 1160 g/mol. The van der Waals surface area contributed by atoms with Gasteiger partial charge in [0.05, 0.1) is 66.4 Å². The van der Waals surface area contributed by atoms with Crippen LogP contribution in [0.1, 0.15) is 116 Å². The van der Waals surface area contributed by atoms with Crippen LogP contribution in [0.3, 0.4) is 0 Å². The van der Waals surface area contributed by atoms with Gasteiger partial charge < -0.3 is 122 Å². The molecule has 9 aliphatic rings. The van der Waals surface area contributed by atoms with Crippen LogP contribution in [0.4, 0.5) is 0 Å². The predicted molar refractivity (Wildman–Crippen MR) is 298 cm³/mol. The Morgan fingerprint density at radius 3 is 1.72 bits per heavy atom. The van der Waals surface area contributed by atoms with Crippen molar-refractivity contribution in [2.45, 2.75) is 276 Å². The smallest absolute Gasteiger partial charge is 0.338 e. The van der Waals surface area contributed by atoms with Gasteiger partial charge in [0, 0.05) is 34.2 Å². The SMILES string of the molecule is COC1CC(OC2CCC3(C)C(CCC4(O)C3CC(OC(=O)c3ccccc3)C3(C)C(O)(C(C)=O)CCC43O)C2)OC(C)C1OC1CC(OC)C(OC2OC(C)C(OC3OC(CO)C(OC4OC(CO)C(O)C(O)C4O)C(O)C3O)C(OC)C2O)C(C)O1. The summed E-state index contributed by atoms with van der Waals surface area (Å²) in [6.45, 7) is 8.69. The van der Waals surface area contributed by atoms with Crippen molar-refractivity contribution in [2.75, 3.05) is 34.5 Å². The molecule has 500 valence electrons. The lowest BCUT2D eigenvalue weighted by Gasteiger charge is -2.69. The highest BCUT2D eigenvalue weighted by Crippen LogP contribution is 2.72. The van der Waals surface area contributed by atoms with Gasteiger partial charge in [-0.15, -0.1) is 0 Å². The number of ether oxygens (including phenoxy) is 14. The minimum atomic E-state index is -2.06. The summed E-state index contributed by atoms with van der Waals surface area (Å²) in [5.41, 5.74) is -7.69. The molecule has 1 aromatic carbocycles. The largest absolute Gasteiger partial charge is 0.458 e. The summed E-state index contributed by atoms with van der Waals surface area (Å²) < 4.78 is 86.1. The summed E-state index contributed by atoms with van der Waals surface area (Å²) >= 11 is 0. The zero-order chi connectivity index (χ0) is 63.7. The van der Waals surface area contributed by atoms with E-state index in [4.69, 9.17) is 66.3 Å². The van der Waals surface area contributed by atoms with Crippen LogP contribution in [0.15, 0.2) is 30.3 Å². The van der Waals surface area contributed by atoms with Crippen LogP contribution in [-0.4, -0.2) is 273 Å². The van der Waals surface area contributed by atoms with Gasteiger partial charge >= 0.3 is 5.97 Å². The molecule has 0 amide bonds. The molecule has 32 atom stereocenters. The number of benzene rings is 1. The van der Waals surface area contributed by atoms with Crippen LogP contribution < -0.4 is 0 Å². The first-order valence-corrected chi connectivity index (χ1v) is 31.0. The first-order chi connectivity index (χ1) is 41.7. The summed E-state index contributed by atoms with van der Waals surface area (Å²) in [7, 11) is 4.42. The number of esters is 1. The quantitative estimate of drug-likeness (QED) is 0.0620. The standard InChI is InChI=1S/C61H94O27/c1-27-48(34(75-7)22-40(78-27)81-33-16-17-57(5)32(21-33)15-18-60(73)38(57)24-39(84-53(71)31-13-11-10-12-14-31)58(6)59(72,30(4)64)19-20-61(58,60)74)85-41-23-35(76-8)49(28(2)79-41)86-56-47(70)52(77-9)50(29(3)80-56)87-55-46(69)44(67)51(37(26-63)83-55)88-54-45(68)43(66)42(65)36(25-62)82-54/h10-14,27-29,32-52,54-56,62-63,65-70,72-74H,15-26H2,1-9H3. The highest BCUT2D eigenvalue weighted by atomic mass is 16.8. The molecule has 32 unspecified atom stereocenters. The maximum absolute atomic E-state index is 13.8. The van der Waals surface area contributed by atoms with Crippen LogP contribution in [0, 0.1) is 22.7 Å². The Bertz CT molecular complexity index is 2520. The van der Waals surface area contributed by atoms with Crippen molar-refractivity contribution in [3.8, 4) is 0 Å². The molecule has 5 heterocycles. The molecule has 0 spiro atoms. The second kappa shape index (κ2) is 26.7. The van der Waals surface area contributed by atoms with Gasteiger partial charge in [-0.05, 0) is 115 Å². The van der Waals surface area contributed by atoms with Gasteiger partial charge in [0.25, 0.3) is 0 Å². The van der Waals surface area contributed by atoms with Crippen molar-refractivity contribution in [1.29, 1.82) is 0 Å². The van der Waals surface area contributed by atoms with Crippen molar-refractivity contribution in [2.24, 2.45) is 22.7 Å². The van der Waals surface area contributed by atoms with E-state index in [9.17, 15) is 65.8 Å². The Labute approximate surface area is 511 Å². The van der Waals surface area contributed by atoms with Crippen LogP contribution in [-0.2, 0) is 71.1 Å². The third-order valence-electron chi connectivity index (χ3n) is 22.0. The van der Waals surface area contributed by atoms with Crippen LogP contribution in [0.25, 0.3) is 0 Å². The van der Waals surface area contributed by atoms with Gasteiger partial charge in [-0.1, -0.05) is 25.1 Å². The molecular formula is C61H94O27. The van der Waals surface area contributed by atoms with E-state index in [2.05, 4.69) is 6.92 Å². The summed E-state index contributed by atoms with van der Waals surface area (Å²) in [5.74, 6) is -1.73. The third kappa shape index (κ3) is 11.8. The lowest BCUT2D eigenvalue weighted by Crippen LogP contribution is -2.79. The summed E-state index contributed by atoms with van der Waals surface area (Å²) in [6, 6.07) is 8.45. The molecule has 88 heavy (non-hydrogen) atoms. The van der Waals surface area contributed by atoms with Gasteiger partial charge in [-0.2, -0.15) is 0 Å². The highest BCUT2D eigenvalue weighted by Gasteiger charge is 2.82. The maximum Gasteiger partial charge on any atom is 0.338 e. The average molecular weight is 1260 g/mol. The molecule has 9 fully saturated rings. The summed E-state index contributed by atoms with van der Waals surface area (Å²) in [6.07, 6.45) is -26.5. The fourth-order valence-corrected chi connectivity index (χ4v) is 16.8. The third-order valence-corrected chi connectivity index (χ3v) is 22.0. The van der Waals surface area contributed by atoms with Gasteiger partial charge in [0.15, 0.2) is 37.2 Å². The topological polar surface area (TPSA) is 386 Å². The number of carbonyl (C=O) groups excluding carboxylic acids is 2. The number of aliphatic hydroxyl groups excluding tert-OH is 8. The van der Waals surface area contributed by atoms with Gasteiger partial charge in [-0.3, -0.25) is 4.79 Å². The Morgan fingerprint density at radius 2 is 1.11 bits per heavy atom. The van der Waals surface area contributed by atoms with Crippen molar-refractivity contribution in [3.05, 3.63) is 35.9 Å². The minimum Gasteiger partial charge on any atom is -0.458 e. The highest BCUT2D eigenvalue weighted by molar-refractivity contribution is 5.90. The molecule has 0 radical (unpaired) electrons. The van der Waals surface area contributed by atoms with E-state index in [1.54, 1.807) is 58.2 Å². The fourth-order valence-electron chi connectivity index (χ4n) is 16.8. The average Bonchev–Trinajstić information content (AvgIpc) is 1.35. The number of carbonyl (C=O) groups is 2. The van der Waals surface area contributed by atoms with E-state index in [1.807, 2.05) is 6.92 Å². The Morgan fingerprint density at radius 1 is 0.557 bits per heavy atom. The van der Waals surface area contributed by atoms with E-state index in [0.717, 1.165) is 0 Å². The van der Waals surface area contributed by atoms with E-state index < -0.39 is 206 Å². The molecule has 5 saturated heterocycles. The van der Waals surface area contributed by atoms with E-state index in [1.165, 1.54) is 21.1 Å². The minimum absolute atomic E-state index is 0.0275. The van der Waals surface area contributed by atoms with Gasteiger partial charge in [-0.25, -0.2) is 4.79 Å². The number of methoxy groups -OCH3 is 3. The number of hydrogen-bond donors (Lipinski definition) is 11. The first kappa shape index (κ1) is 68.3. The summed E-state index contributed by atoms with van der Waals surface area (Å²) in [5, 5.41) is 123. The van der Waals surface area contributed by atoms with Crippen LogP contribution in [0.2, 0.25) is 0 Å². The van der Waals surface area contributed by atoms with Crippen molar-refractivity contribution in [3.63, 3.8) is 0 Å². The Hall–Kier alpha value is -2.60. The van der Waals surface area contributed by atoms with Crippen molar-refractivity contribution < 1.29 is 132 Å². The second-order valence-electron chi connectivity index (χ2n) is 26.5. The monoisotopic (exact) mass is 1260 g/mol. The molecule has 4 saturated carbocycles. The van der Waals surface area contributed by atoms with Crippen molar-refractivity contribution >= 4 is 11.8 Å². The molecule has 10 rings (SSSR count). The number of aliphatic hydroxyl groups is 11. The lowest BCUT2D eigenvalue weighted by molar-refractivity contribution is -0.385. The van der Waals surface area contributed by atoms with E-state index in [0.29, 0.717) is 32.1 Å². The Balaban J connectivity index is 0.730. The number of hydrogen-bond acceptors (Lipinski definition) is 27. The normalized spacial score (nSPS) is 51.4. The molecule has 27 nitrogen and oxygen atoms in total. The summed E-state index contributed by atoms with van der Waals surface area (Å²) in [4.78, 5) is 27.1. The fraction of sp³-hybridized carbons (Fsp3) is 0.869. The lowest BCUT2D eigenvalue weighted by atomic mass is 9.40. The van der Waals surface area contributed by atoms with Gasteiger partial charge in [0.2, 0.25) is 0 Å². The molecule has 1 aromatic rings. The van der Waals surface area contributed by atoms with E-state index >= 15 is 0 Å². The molecule has 0 bridgehead atoms. The van der Waals surface area contributed by atoms with Crippen molar-refractivity contribution in [1.82, 2.24) is 0 Å².